The molecule has 1 N–H and O–H groups in total. The second kappa shape index (κ2) is 6.19. The molecule has 1 aliphatic rings. The van der Waals surface area contributed by atoms with Crippen molar-refractivity contribution in [2.24, 2.45) is 0 Å². The van der Waals surface area contributed by atoms with Gasteiger partial charge in [0.2, 0.25) is 0 Å². The van der Waals surface area contributed by atoms with E-state index in [9.17, 15) is 5.26 Å². The first-order valence-corrected chi connectivity index (χ1v) is 6.82. The van der Waals surface area contributed by atoms with Crippen LogP contribution in [0.15, 0.2) is 22.7 Å². The van der Waals surface area contributed by atoms with Crippen LogP contribution in [-0.4, -0.2) is 49.3 Å². The summed E-state index contributed by atoms with van der Waals surface area (Å²) in [6, 6.07) is 8.10. The van der Waals surface area contributed by atoms with E-state index >= 15 is 0 Å². The zero-order chi connectivity index (χ0) is 13.0. The van der Waals surface area contributed by atoms with E-state index in [1.54, 1.807) is 0 Å². The van der Waals surface area contributed by atoms with Crippen molar-refractivity contribution < 1.29 is 5.11 Å². The number of halogens is 1. The first kappa shape index (κ1) is 13.3. The van der Waals surface area contributed by atoms with Crippen molar-refractivity contribution in [2.45, 2.75) is 0 Å². The van der Waals surface area contributed by atoms with Crippen LogP contribution < -0.4 is 4.90 Å². The van der Waals surface area contributed by atoms with Crippen molar-refractivity contribution in [3.63, 3.8) is 0 Å². The molecule has 0 spiro atoms. The molecule has 1 aromatic carbocycles. The highest BCUT2D eigenvalue weighted by atomic mass is 79.9. The van der Waals surface area contributed by atoms with Crippen LogP contribution in [-0.2, 0) is 0 Å². The Hall–Kier alpha value is -1.09. The number of piperazine rings is 1. The predicted octanol–water partition coefficient (Wildman–Crippen LogP) is 1.44. The van der Waals surface area contributed by atoms with Gasteiger partial charge in [-0.1, -0.05) is 6.07 Å². The molecule has 18 heavy (non-hydrogen) atoms. The number of rotatable bonds is 3. The Morgan fingerprint density at radius 1 is 1.28 bits per heavy atom. The summed E-state index contributed by atoms with van der Waals surface area (Å²) in [7, 11) is 0. The van der Waals surface area contributed by atoms with E-state index in [1.807, 2.05) is 18.2 Å². The van der Waals surface area contributed by atoms with Crippen molar-refractivity contribution in [1.82, 2.24) is 4.90 Å². The van der Waals surface area contributed by atoms with Crippen LogP contribution in [0.25, 0.3) is 0 Å². The molecule has 0 aromatic heterocycles. The van der Waals surface area contributed by atoms with Gasteiger partial charge in [0.1, 0.15) is 6.07 Å². The third-order valence-corrected chi connectivity index (χ3v) is 3.89. The van der Waals surface area contributed by atoms with E-state index in [-0.39, 0.29) is 6.61 Å². The number of aliphatic hydroxyl groups excluding tert-OH is 1. The average molecular weight is 310 g/mol. The highest BCUT2D eigenvalue weighted by Gasteiger charge is 2.19. The lowest BCUT2D eigenvalue weighted by atomic mass is 10.1. The van der Waals surface area contributed by atoms with E-state index in [4.69, 9.17) is 5.11 Å². The van der Waals surface area contributed by atoms with Crippen LogP contribution >= 0.6 is 15.9 Å². The van der Waals surface area contributed by atoms with Gasteiger partial charge in [0.05, 0.1) is 17.9 Å². The Morgan fingerprint density at radius 2 is 2.00 bits per heavy atom. The largest absolute Gasteiger partial charge is 0.395 e. The molecule has 1 aromatic rings. The lowest BCUT2D eigenvalue weighted by Gasteiger charge is -2.36. The molecule has 0 amide bonds. The molecule has 1 heterocycles. The summed E-state index contributed by atoms with van der Waals surface area (Å²) in [5, 5.41) is 18.1. The van der Waals surface area contributed by atoms with Crippen LogP contribution in [0.1, 0.15) is 5.56 Å². The summed E-state index contributed by atoms with van der Waals surface area (Å²) in [6.07, 6.45) is 0. The van der Waals surface area contributed by atoms with Gasteiger partial charge in [-0.25, -0.2) is 0 Å². The molecule has 5 heteroatoms. The maximum absolute atomic E-state index is 9.22. The molecule has 0 unspecified atom stereocenters. The van der Waals surface area contributed by atoms with Gasteiger partial charge in [-0.15, -0.1) is 0 Å². The van der Waals surface area contributed by atoms with Gasteiger partial charge in [-0.2, -0.15) is 5.26 Å². The minimum absolute atomic E-state index is 0.209. The molecule has 0 atom stereocenters. The minimum Gasteiger partial charge on any atom is -0.395 e. The Morgan fingerprint density at radius 3 is 2.61 bits per heavy atom. The SMILES string of the molecule is N#Cc1c(Br)cccc1N1CCN(CCO)CC1. The Bertz CT molecular complexity index is 450. The zero-order valence-electron chi connectivity index (χ0n) is 10.1. The maximum Gasteiger partial charge on any atom is 0.103 e. The number of hydrogen-bond donors (Lipinski definition) is 1. The summed E-state index contributed by atoms with van der Waals surface area (Å²) >= 11 is 3.42. The van der Waals surface area contributed by atoms with Gasteiger partial charge in [0, 0.05) is 37.2 Å². The summed E-state index contributed by atoms with van der Waals surface area (Å²) < 4.78 is 0.847. The summed E-state index contributed by atoms with van der Waals surface area (Å²) in [4.78, 5) is 4.47. The maximum atomic E-state index is 9.22. The van der Waals surface area contributed by atoms with E-state index in [0.717, 1.165) is 42.9 Å². The van der Waals surface area contributed by atoms with E-state index in [2.05, 4.69) is 31.8 Å². The van der Waals surface area contributed by atoms with E-state index < -0.39 is 0 Å². The van der Waals surface area contributed by atoms with Crippen LogP contribution in [0.5, 0.6) is 0 Å². The highest BCUT2D eigenvalue weighted by molar-refractivity contribution is 9.10. The molecular weight excluding hydrogens is 294 g/mol. The average Bonchev–Trinajstić information content (AvgIpc) is 2.40. The van der Waals surface area contributed by atoms with Gasteiger partial charge in [-0.05, 0) is 28.1 Å². The number of β-amino-alcohol motifs (C(OH)–C–C–N with tert-alkyl or cyclic N) is 1. The van der Waals surface area contributed by atoms with Crippen molar-refractivity contribution in [1.29, 1.82) is 5.26 Å². The first-order chi connectivity index (χ1) is 8.76. The molecule has 0 radical (unpaired) electrons. The van der Waals surface area contributed by atoms with Crippen molar-refractivity contribution in [3.8, 4) is 6.07 Å². The quantitative estimate of drug-likeness (QED) is 0.918. The van der Waals surface area contributed by atoms with Crippen LogP contribution in [0, 0.1) is 11.3 Å². The van der Waals surface area contributed by atoms with Crippen molar-refractivity contribution in [3.05, 3.63) is 28.2 Å². The number of benzene rings is 1. The van der Waals surface area contributed by atoms with Crippen LogP contribution in [0.2, 0.25) is 0 Å². The second-order valence-electron chi connectivity index (χ2n) is 4.30. The molecule has 4 nitrogen and oxygen atoms in total. The Balaban J connectivity index is 2.10. The van der Waals surface area contributed by atoms with Crippen LogP contribution in [0.3, 0.4) is 0 Å². The molecule has 1 fully saturated rings. The monoisotopic (exact) mass is 309 g/mol. The zero-order valence-corrected chi connectivity index (χ0v) is 11.7. The van der Waals surface area contributed by atoms with Gasteiger partial charge in [0.25, 0.3) is 0 Å². The summed E-state index contributed by atoms with van der Waals surface area (Å²) in [5.41, 5.74) is 1.70. The molecular formula is C13H16BrN3O. The fourth-order valence-electron chi connectivity index (χ4n) is 2.24. The molecule has 1 aliphatic heterocycles. The number of nitrogens with zero attached hydrogens (tertiary/aromatic N) is 3. The topological polar surface area (TPSA) is 50.5 Å². The van der Waals surface area contributed by atoms with Gasteiger partial charge < -0.3 is 10.0 Å². The molecule has 2 rings (SSSR count). The molecule has 1 saturated heterocycles. The van der Waals surface area contributed by atoms with Gasteiger partial charge in [0.15, 0.2) is 0 Å². The first-order valence-electron chi connectivity index (χ1n) is 6.03. The highest BCUT2D eigenvalue weighted by Crippen LogP contribution is 2.27. The fourth-order valence-corrected chi connectivity index (χ4v) is 2.69. The van der Waals surface area contributed by atoms with Crippen molar-refractivity contribution >= 4 is 21.6 Å². The van der Waals surface area contributed by atoms with E-state index in [0.29, 0.717) is 5.56 Å². The number of aliphatic hydroxyl groups is 1. The smallest absolute Gasteiger partial charge is 0.103 e. The Labute approximate surface area is 116 Å². The fraction of sp³-hybridized carbons (Fsp3) is 0.462. The molecule has 96 valence electrons. The second-order valence-corrected chi connectivity index (χ2v) is 5.15. The standard InChI is InChI=1S/C13H16BrN3O/c14-12-2-1-3-13(11(12)10-15)17-6-4-16(5-7-17)8-9-18/h1-3,18H,4-9H2. The Kier molecular flexibility index (Phi) is 4.59. The molecule has 0 bridgehead atoms. The molecule has 0 saturated carbocycles. The predicted molar refractivity (Wildman–Crippen MR) is 74.6 cm³/mol. The summed E-state index contributed by atoms with van der Waals surface area (Å²) in [5.74, 6) is 0. The van der Waals surface area contributed by atoms with Crippen molar-refractivity contribution in [2.75, 3.05) is 44.2 Å². The number of nitriles is 1. The summed E-state index contributed by atoms with van der Waals surface area (Å²) in [6.45, 7) is 4.59. The molecule has 0 aliphatic carbocycles. The van der Waals surface area contributed by atoms with Gasteiger partial charge >= 0.3 is 0 Å². The number of hydrogen-bond acceptors (Lipinski definition) is 4. The minimum atomic E-state index is 0.209. The lowest BCUT2D eigenvalue weighted by molar-refractivity contribution is 0.189. The third-order valence-electron chi connectivity index (χ3n) is 3.23. The normalized spacial score (nSPS) is 16.6. The number of anilines is 1. The third kappa shape index (κ3) is 2.83. The van der Waals surface area contributed by atoms with E-state index in [1.165, 1.54) is 0 Å². The van der Waals surface area contributed by atoms with Gasteiger partial charge in [-0.3, -0.25) is 4.90 Å². The lowest BCUT2D eigenvalue weighted by Crippen LogP contribution is -2.47. The van der Waals surface area contributed by atoms with Crippen LogP contribution in [0.4, 0.5) is 5.69 Å².